The summed E-state index contributed by atoms with van der Waals surface area (Å²) in [6.45, 7) is 3.44. The van der Waals surface area contributed by atoms with E-state index in [0.29, 0.717) is 21.8 Å². The van der Waals surface area contributed by atoms with E-state index < -0.39 is 10.8 Å². The van der Waals surface area contributed by atoms with Crippen LogP contribution in [0.5, 0.6) is 0 Å². The van der Waals surface area contributed by atoms with Gasteiger partial charge >= 0.3 is 0 Å². The average Bonchev–Trinajstić information content (AvgIpc) is 2.61. The Morgan fingerprint density at radius 2 is 1.67 bits per heavy atom. The quantitative estimate of drug-likeness (QED) is 0.850. The topological polar surface area (TPSA) is 66.5 Å². The summed E-state index contributed by atoms with van der Waals surface area (Å²) in [5.74, 6) is -0.481. The van der Waals surface area contributed by atoms with Gasteiger partial charge in [-0.1, -0.05) is 6.58 Å². The zero-order valence-electron chi connectivity index (χ0n) is 13.5. The number of nitrogens with zero attached hydrogens (tertiary/aromatic N) is 1. The second-order valence-electron chi connectivity index (χ2n) is 5.08. The van der Waals surface area contributed by atoms with Gasteiger partial charge in [-0.05, 0) is 54.6 Å². The van der Waals surface area contributed by atoms with Crippen molar-refractivity contribution >= 4 is 34.0 Å². The highest BCUT2D eigenvalue weighted by atomic mass is 32.2. The van der Waals surface area contributed by atoms with E-state index in [1.54, 1.807) is 61.8 Å². The predicted molar refractivity (Wildman–Crippen MR) is 96.8 cm³/mol. The third kappa shape index (κ3) is 4.17. The fraction of sp³-hybridized carbons (Fsp3) is 0.111. The molecule has 0 heterocycles. The van der Waals surface area contributed by atoms with Crippen molar-refractivity contribution in [2.24, 2.45) is 0 Å². The Labute approximate surface area is 143 Å². The molecule has 2 rings (SSSR count). The minimum atomic E-state index is -1.05. The molecule has 0 aliphatic heterocycles. The smallest absolute Gasteiger partial charge is 0.255 e. The summed E-state index contributed by atoms with van der Waals surface area (Å²) < 4.78 is 11.3. The van der Waals surface area contributed by atoms with Crippen molar-refractivity contribution in [3.63, 3.8) is 0 Å². The van der Waals surface area contributed by atoms with Crippen LogP contribution < -0.4 is 10.2 Å². The molecule has 0 aliphatic carbocycles. The van der Waals surface area contributed by atoms with E-state index in [2.05, 4.69) is 11.9 Å². The van der Waals surface area contributed by atoms with Crippen LogP contribution in [0.2, 0.25) is 0 Å². The van der Waals surface area contributed by atoms with Crippen LogP contribution in [0.3, 0.4) is 0 Å². The maximum absolute atomic E-state index is 12.2. The fourth-order valence-corrected chi connectivity index (χ4v) is 2.55. The number of rotatable bonds is 5. The van der Waals surface area contributed by atoms with E-state index in [-0.39, 0.29) is 11.8 Å². The molecule has 0 fully saturated rings. The van der Waals surface area contributed by atoms with E-state index in [9.17, 15) is 13.8 Å². The highest BCUT2D eigenvalue weighted by Gasteiger charge is 2.10. The molecule has 1 N–H and O–H groups in total. The van der Waals surface area contributed by atoms with Gasteiger partial charge in [0.25, 0.3) is 5.91 Å². The molecule has 0 aliphatic rings. The Kier molecular flexibility index (Phi) is 5.65. The number of likely N-dealkylation sites (N-methyl/N-ethyl adjacent to an activating group) is 1. The van der Waals surface area contributed by atoms with Crippen LogP contribution in [0.4, 0.5) is 11.4 Å². The number of carbonyl (C=O) groups excluding carboxylic acids is 2. The number of hydrogen-bond donors (Lipinski definition) is 1. The Hall–Kier alpha value is -2.73. The van der Waals surface area contributed by atoms with E-state index >= 15 is 0 Å². The van der Waals surface area contributed by atoms with Gasteiger partial charge in [0.15, 0.2) is 0 Å². The number of anilines is 2. The molecule has 0 spiro atoms. The van der Waals surface area contributed by atoms with E-state index in [1.807, 2.05) is 0 Å². The molecule has 0 bridgehead atoms. The van der Waals surface area contributed by atoms with Gasteiger partial charge in [-0.2, -0.15) is 0 Å². The second kappa shape index (κ2) is 7.70. The van der Waals surface area contributed by atoms with Gasteiger partial charge in [0, 0.05) is 45.9 Å². The van der Waals surface area contributed by atoms with E-state index in [1.165, 1.54) is 11.0 Å². The van der Waals surface area contributed by atoms with Crippen LogP contribution in [-0.4, -0.2) is 29.3 Å². The van der Waals surface area contributed by atoms with Crippen molar-refractivity contribution in [3.8, 4) is 0 Å². The van der Waals surface area contributed by atoms with Gasteiger partial charge in [-0.3, -0.25) is 13.8 Å². The SMILES string of the molecule is C=CC(=O)N(C)c1ccc(C(=O)Nc2ccc(S(C)=O)cc2)cc1. The van der Waals surface area contributed by atoms with Crippen LogP contribution in [0.1, 0.15) is 10.4 Å². The first-order valence-electron chi connectivity index (χ1n) is 7.17. The summed E-state index contributed by atoms with van der Waals surface area (Å²) in [4.78, 5) is 25.9. The molecule has 5 nitrogen and oxygen atoms in total. The van der Waals surface area contributed by atoms with Gasteiger partial charge < -0.3 is 10.2 Å². The van der Waals surface area contributed by atoms with Gasteiger partial charge in [0.05, 0.1) is 0 Å². The zero-order chi connectivity index (χ0) is 17.7. The Morgan fingerprint density at radius 1 is 1.08 bits per heavy atom. The maximum atomic E-state index is 12.2. The highest BCUT2D eigenvalue weighted by Crippen LogP contribution is 2.17. The number of carbonyl (C=O) groups is 2. The average molecular weight is 342 g/mol. The maximum Gasteiger partial charge on any atom is 0.255 e. The molecule has 0 aromatic heterocycles. The lowest BCUT2D eigenvalue weighted by molar-refractivity contribution is -0.113. The second-order valence-corrected chi connectivity index (χ2v) is 6.46. The number of amides is 2. The van der Waals surface area contributed by atoms with Gasteiger partial charge in [0.2, 0.25) is 5.91 Å². The Bertz CT molecular complexity index is 783. The molecule has 2 aromatic rings. The number of hydrogen-bond acceptors (Lipinski definition) is 3. The molecule has 24 heavy (non-hydrogen) atoms. The molecular formula is C18H18N2O3S. The lowest BCUT2D eigenvalue weighted by Crippen LogP contribution is -2.23. The van der Waals surface area contributed by atoms with Crippen molar-refractivity contribution in [1.29, 1.82) is 0 Å². The van der Waals surface area contributed by atoms with Crippen LogP contribution in [-0.2, 0) is 15.6 Å². The van der Waals surface area contributed by atoms with Crippen LogP contribution in [0.25, 0.3) is 0 Å². The molecule has 1 unspecified atom stereocenters. The monoisotopic (exact) mass is 342 g/mol. The third-order valence-corrected chi connectivity index (χ3v) is 4.40. The van der Waals surface area contributed by atoms with Gasteiger partial charge in [-0.15, -0.1) is 0 Å². The summed E-state index contributed by atoms with van der Waals surface area (Å²) in [6, 6.07) is 13.5. The van der Waals surface area contributed by atoms with Crippen molar-refractivity contribution in [1.82, 2.24) is 0 Å². The van der Waals surface area contributed by atoms with Crippen LogP contribution in [0.15, 0.2) is 66.1 Å². The van der Waals surface area contributed by atoms with Crippen LogP contribution in [0, 0.1) is 0 Å². The molecule has 0 saturated heterocycles. The largest absolute Gasteiger partial charge is 0.322 e. The van der Waals surface area contributed by atoms with Gasteiger partial charge in [-0.25, -0.2) is 0 Å². The first-order valence-corrected chi connectivity index (χ1v) is 8.73. The number of nitrogens with one attached hydrogen (secondary N) is 1. The van der Waals surface area contributed by atoms with Crippen molar-refractivity contribution < 1.29 is 13.8 Å². The number of benzene rings is 2. The molecular weight excluding hydrogens is 324 g/mol. The first kappa shape index (κ1) is 17.6. The van der Waals surface area contributed by atoms with E-state index in [0.717, 1.165) is 0 Å². The van der Waals surface area contributed by atoms with Crippen LogP contribution >= 0.6 is 0 Å². The fourth-order valence-electron chi connectivity index (χ4n) is 2.03. The van der Waals surface area contributed by atoms with Crippen molar-refractivity contribution in [3.05, 3.63) is 66.7 Å². The lowest BCUT2D eigenvalue weighted by atomic mass is 10.1. The molecule has 2 aromatic carbocycles. The van der Waals surface area contributed by atoms with Gasteiger partial charge in [0.1, 0.15) is 0 Å². The summed E-state index contributed by atoms with van der Waals surface area (Å²) in [7, 11) is 0.587. The lowest BCUT2D eigenvalue weighted by Gasteiger charge is -2.15. The zero-order valence-corrected chi connectivity index (χ0v) is 14.3. The minimum absolute atomic E-state index is 0.222. The Balaban J connectivity index is 2.08. The first-order chi connectivity index (χ1) is 11.4. The minimum Gasteiger partial charge on any atom is -0.322 e. The van der Waals surface area contributed by atoms with E-state index in [4.69, 9.17) is 0 Å². The molecule has 2 amide bonds. The summed E-state index contributed by atoms with van der Waals surface area (Å²) >= 11 is 0. The molecule has 0 radical (unpaired) electrons. The molecule has 124 valence electrons. The standard InChI is InChI=1S/C18H18N2O3S/c1-4-17(21)20(2)15-9-5-13(6-10-15)18(22)19-14-7-11-16(12-8-14)24(3)23/h4-12H,1H2,2-3H3,(H,19,22). The third-order valence-electron chi connectivity index (χ3n) is 3.47. The highest BCUT2D eigenvalue weighted by molar-refractivity contribution is 7.84. The molecule has 1 atom stereocenters. The summed E-state index contributed by atoms with van der Waals surface area (Å²) in [6.07, 6.45) is 2.83. The summed E-state index contributed by atoms with van der Waals surface area (Å²) in [5, 5.41) is 2.77. The Morgan fingerprint density at radius 3 is 2.17 bits per heavy atom. The van der Waals surface area contributed by atoms with Crippen molar-refractivity contribution in [2.45, 2.75) is 4.90 Å². The summed E-state index contributed by atoms with van der Waals surface area (Å²) in [5.41, 5.74) is 1.77. The normalized spacial score (nSPS) is 11.4. The predicted octanol–water partition coefficient (Wildman–Crippen LogP) is 2.83. The molecule has 0 saturated carbocycles. The molecule has 6 heteroatoms. The van der Waals surface area contributed by atoms with Crippen molar-refractivity contribution in [2.75, 3.05) is 23.5 Å².